The van der Waals surface area contributed by atoms with E-state index in [-0.39, 0.29) is 17.5 Å². The molecule has 0 saturated heterocycles. The summed E-state index contributed by atoms with van der Waals surface area (Å²) < 4.78 is 38.8. The molecule has 1 atom stereocenters. The average molecular weight is 483 g/mol. The molecule has 3 rings (SSSR count). The first-order valence-electron chi connectivity index (χ1n) is 10.8. The molecule has 0 unspecified atom stereocenters. The number of hydrogen-bond acceptors (Lipinski definition) is 5. The lowest BCUT2D eigenvalue weighted by Crippen LogP contribution is -2.42. The van der Waals surface area contributed by atoms with Crippen LogP contribution in [0.5, 0.6) is 11.5 Å². The number of amides is 1. The Morgan fingerprint density at radius 2 is 1.62 bits per heavy atom. The van der Waals surface area contributed by atoms with Gasteiger partial charge in [-0.05, 0) is 62.2 Å². The van der Waals surface area contributed by atoms with Crippen LogP contribution in [0.3, 0.4) is 0 Å². The lowest BCUT2D eigenvalue weighted by molar-refractivity contribution is -0.120. The number of aryl methyl sites for hydroxylation is 2. The Bertz CT molecular complexity index is 1260. The topological polar surface area (TPSA) is 84.9 Å². The molecule has 0 aliphatic carbocycles. The molecule has 0 aliphatic rings. The van der Waals surface area contributed by atoms with E-state index in [0.717, 1.165) is 21.0 Å². The normalized spacial score (nSPS) is 12.0. The smallest absolute Gasteiger partial charge is 0.264 e. The third-order valence-corrected chi connectivity index (χ3v) is 7.30. The number of anilines is 1. The molecule has 0 heterocycles. The van der Waals surface area contributed by atoms with E-state index in [1.165, 1.54) is 12.1 Å². The zero-order chi connectivity index (χ0) is 24.9. The zero-order valence-corrected chi connectivity index (χ0v) is 20.8. The van der Waals surface area contributed by atoms with Crippen molar-refractivity contribution in [2.24, 2.45) is 0 Å². The van der Waals surface area contributed by atoms with E-state index in [1.54, 1.807) is 50.6 Å². The van der Waals surface area contributed by atoms with Crippen molar-refractivity contribution in [2.75, 3.05) is 25.1 Å². The maximum Gasteiger partial charge on any atom is 0.264 e. The highest BCUT2D eigenvalue weighted by molar-refractivity contribution is 7.92. The van der Waals surface area contributed by atoms with E-state index in [2.05, 4.69) is 5.32 Å². The minimum absolute atomic E-state index is 0.121. The van der Waals surface area contributed by atoms with E-state index in [4.69, 9.17) is 9.47 Å². The monoisotopic (exact) mass is 482 g/mol. The second kappa shape index (κ2) is 10.6. The summed E-state index contributed by atoms with van der Waals surface area (Å²) in [4.78, 5) is 13.2. The molecular formula is C26H30N2O5S. The van der Waals surface area contributed by atoms with Crippen LogP contribution in [0, 0.1) is 13.8 Å². The van der Waals surface area contributed by atoms with E-state index >= 15 is 0 Å². The van der Waals surface area contributed by atoms with Crippen LogP contribution in [0.4, 0.5) is 5.69 Å². The molecule has 0 aliphatic heterocycles. The number of benzene rings is 3. The van der Waals surface area contributed by atoms with Gasteiger partial charge >= 0.3 is 0 Å². The Balaban J connectivity index is 1.90. The summed E-state index contributed by atoms with van der Waals surface area (Å²) >= 11 is 0. The molecule has 0 fully saturated rings. The molecule has 0 spiro atoms. The third kappa shape index (κ3) is 5.51. The van der Waals surface area contributed by atoms with Gasteiger partial charge in [0.05, 0.1) is 30.8 Å². The van der Waals surface area contributed by atoms with Crippen molar-refractivity contribution in [1.82, 2.24) is 5.32 Å². The number of hydrogen-bond donors (Lipinski definition) is 1. The number of nitrogens with zero attached hydrogens (tertiary/aromatic N) is 1. The van der Waals surface area contributed by atoms with Crippen molar-refractivity contribution < 1.29 is 22.7 Å². The number of carbonyl (C=O) groups is 1. The van der Waals surface area contributed by atoms with Crippen LogP contribution >= 0.6 is 0 Å². The van der Waals surface area contributed by atoms with Gasteiger partial charge in [0.15, 0.2) is 11.5 Å². The molecule has 3 aromatic rings. The number of rotatable bonds is 9. The van der Waals surface area contributed by atoms with Gasteiger partial charge in [-0.1, -0.05) is 42.0 Å². The van der Waals surface area contributed by atoms with Gasteiger partial charge in [-0.2, -0.15) is 0 Å². The minimum atomic E-state index is -3.97. The van der Waals surface area contributed by atoms with Gasteiger partial charge in [-0.3, -0.25) is 9.10 Å². The number of ether oxygens (including phenoxy) is 2. The second-order valence-corrected chi connectivity index (χ2v) is 9.88. The molecule has 0 aromatic heterocycles. The number of sulfonamides is 1. The Kier molecular flexibility index (Phi) is 7.83. The fourth-order valence-corrected chi connectivity index (χ4v) is 5.23. The van der Waals surface area contributed by atoms with E-state index in [1.807, 2.05) is 39.0 Å². The summed E-state index contributed by atoms with van der Waals surface area (Å²) in [5.74, 6) is 0.700. The van der Waals surface area contributed by atoms with Gasteiger partial charge in [-0.25, -0.2) is 8.42 Å². The van der Waals surface area contributed by atoms with Crippen molar-refractivity contribution in [3.05, 3.63) is 83.4 Å². The highest BCUT2D eigenvalue weighted by atomic mass is 32.2. The lowest BCUT2D eigenvalue weighted by atomic mass is 10.1. The van der Waals surface area contributed by atoms with Crippen molar-refractivity contribution in [3.63, 3.8) is 0 Å². The molecule has 0 radical (unpaired) electrons. The van der Waals surface area contributed by atoms with Crippen LogP contribution in [-0.2, 0) is 14.8 Å². The van der Waals surface area contributed by atoms with Gasteiger partial charge < -0.3 is 14.8 Å². The van der Waals surface area contributed by atoms with Gasteiger partial charge in [0.1, 0.15) is 6.54 Å². The fraction of sp³-hybridized carbons (Fsp3) is 0.269. The predicted octanol–water partition coefficient (Wildman–Crippen LogP) is 4.39. The molecule has 3 aromatic carbocycles. The SMILES string of the molecule is COc1ccc([C@@H](C)NC(=O)CN(c2ccc(C)cc2C)S(=O)(=O)c2ccccc2)cc1OC. The first-order valence-corrected chi connectivity index (χ1v) is 12.3. The van der Waals surface area contributed by atoms with Crippen LogP contribution in [0.25, 0.3) is 0 Å². The van der Waals surface area contributed by atoms with E-state index in [9.17, 15) is 13.2 Å². The highest BCUT2D eigenvalue weighted by Crippen LogP contribution is 2.30. The van der Waals surface area contributed by atoms with E-state index in [0.29, 0.717) is 17.2 Å². The van der Waals surface area contributed by atoms with Crippen LogP contribution in [-0.4, -0.2) is 35.1 Å². The van der Waals surface area contributed by atoms with Gasteiger partial charge in [0.25, 0.3) is 10.0 Å². The van der Waals surface area contributed by atoms with Crippen LogP contribution < -0.4 is 19.1 Å². The van der Waals surface area contributed by atoms with Gasteiger partial charge in [0, 0.05) is 0 Å². The molecule has 8 heteroatoms. The Morgan fingerprint density at radius 1 is 0.941 bits per heavy atom. The zero-order valence-electron chi connectivity index (χ0n) is 20.0. The first kappa shape index (κ1) is 25.1. The summed E-state index contributed by atoms with van der Waals surface area (Å²) in [5.41, 5.74) is 3.03. The van der Waals surface area contributed by atoms with Gasteiger partial charge in [0.2, 0.25) is 5.91 Å². The first-order chi connectivity index (χ1) is 16.2. The number of nitrogens with one attached hydrogen (secondary N) is 1. The molecule has 1 amide bonds. The van der Waals surface area contributed by atoms with E-state index < -0.39 is 15.9 Å². The Morgan fingerprint density at radius 3 is 2.24 bits per heavy atom. The molecule has 0 bridgehead atoms. The standard InChI is InChI=1S/C26H30N2O5S/c1-18-11-13-23(19(2)15-18)28(34(30,31)22-9-7-6-8-10-22)17-26(29)27-20(3)21-12-14-24(32-4)25(16-21)33-5/h6-16,20H,17H2,1-5H3,(H,27,29)/t20-/m1/s1. The molecule has 7 nitrogen and oxygen atoms in total. The molecule has 0 saturated carbocycles. The van der Waals surface area contributed by atoms with Crippen molar-refractivity contribution in [3.8, 4) is 11.5 Å². The molecule has 180 valence electrons. The predicted molar refractivity (Wildman–Crippen MR) is 133 cm³/mol. The lowest BCUT2D eigenvalue weighted by Gasteiger charge is -2.26. The summed E-state index contributed by atoms with van der Waals surface area (Å²) in [6.07, 6.45) is 0. The third-order valence-electron chi connectivity index (χ3n) is 5.52. The molecular weight excluding hydrogens is 452 g/mol. The maximum absolute atomic E-state index is 13.5. The van der Waals surface area contributed by atoms with Crippen molar-refractivity contribution in [2.45, 2.75) is 31.7 Å². The summed E-state index contributed by atoms with van der Waals surface area (Å²) in [6, 6.07) is 18.6. The summed E-state index contributed by atoms with van der Waals surface area (Å²) in [5, 5.41) is 2.90. The minimum Gasteiger partial charge on any atom is -0.493 e. The van der Waals surface area contributed by atoms with Gasteiger partial charge in [-0.15, -0.1) is 0 Å². The quantitative estimate of drug-likeness (QED) is 0.489. The van der Waals surface area contributed by atoms with Crippen LogP contribution in [0.2, 0.25) is 0 Å². The summed E-state index contributed by atoms with van der Waals surface area (Å²) in [7, 11) is -0.873. The van der Waals surface area contributed by atoms with Crippen LogP contribution in [0.15, 0.2) is 71.6 Å². The Labute approximate surface area is 201 Å². The van der Waals surface area contributed by atoms with Crippen LogP contribution in [0.1, 0.15) is 29.7 Å². The fourth-order valence-electron chi connectivity index (χ4n) is 3.73. The summed E-state index contributed by atoms with van der Waals surface area (Å²) in [6.45, 7) is 5.23. The van der Waals surface area contributed by atoms with Crippen molar-refractivity contribution >= 4 is 21.6 Å². The second-order valence-electron chi connectivity index (χ2n) is 8.02. The van der Waals surface area contributed by atoms with Crippen molar-refractivity contribution in [1.29, 1.82) is 0 Å². The average Bonchev–Trinajstić information content (AvgIpc) is 2.83. The maximum atomic E-state index is 13.5. The number of methoxy groups -OCH3 is 2. The highest BCUT2D eigenvalue weighted by Gasteiger charge is 2.28. The largest absolute Gasteiger partial charge is 0.493 e. The number of carbonyl (C=O) groups excluding carboxylic acids is 1. The Hall–Kier alpha value is -3.52. The molecule has 1 N–H and O–H groups in total. The molecule has 34 heavy (non-hydrogen) atoms.